The predicted molar refractivity (Wildman–Crippen MR) is 147 cm³/mol. The quantitative estimate of drug-likeness (QED) is 0.356. The third kappa shape index (κ3) is 9.56. The van der Waals surface area contributed by atoms with E-state index in [2.05, 4.69) is 5.32 Å². The molecular formula is C28H38F3N3O4S. The molecule has 11 heteroatoms. The fourth-order valence-electron chi connectivity index (χ4n) is 4.21. The molecule has 216 valence electrons. The first-order valence-corrected chi connectivity index (χ1v) is 14.8. The SMILES string of the molecule is CC[C@H](C(=O)N[C@@H](C)CC)N(Cc1cccc(C)c1)C(=O)CCCN(c1cccc(C(F)(F)F)c1)S(C)(=O)=O. The summed E-state index contributed by atoms with van der Waals surface area (Å²) in [6.07, 6.45) is -2.66. The zero-order valence-electron chi connectivity index (χ0n) is 23.1. The van der Waals surface area contributed by atoms with Crippen LogP contribution in [0.3, 0.4) is 0 Å². The van der Waals surface area contributed by atoms with E-state index in [-0.39, 0.29) is 49.5 Å². The fourth-order valence-corrected chi connectivity index (χ4v) is 5.17. The number of alkyl halides is 3. The Bertz CT molecular complexity index is 1230. The van der Waals surface area contributed by atoms with E-state index in [4.69, 9.17) is 0 Å². The van der Waals surface area contributed by atoms with Crippen molar-refractivity contribution in [2.75, 3.05) is 17.1 Å². The van der Waals surface area contributed by atoms with Gasteiger partial charge in [0.2, 0.25) is 21.8 Å². The number of aryl methyl sites for hydroxylation is 1. The van der Waals surface area contributed by atoms with Crippen LogP contribution in [0.25, 0.3) is 0 Å². The zero-order chi connectivity index (χ0) is 29.4. The lowest BCUT2D eigenvalue weighted by Gasteiger charge is -2.32. The predicted octanol–water partition coefficient (Wildman–Crippen LogP) is 5.28. The molecule has 0 saturated carbocycles. The van der Waals surface area contributed by atoms with Gasteiger partial charge in [0.25, 0.3) is 0 Å². The zero-order valence-corrected chi connectivity index (χ0v) is 23.9. The number of nitrogens with zero attached hydrogens (tertiary/aromatic N) is 2. The second kappa shape index (κ2) is 13.8. The van der Waals surface area contributed by atoms with Gasteiger partial charge in [-0.05, 0) is 56.9 Å². The molecule has 0 unspecified atom stereocenters. The molecule has 2 aromatic rings. The minimum Gasteiger partial charge on any atom is -0.352 e. The molecule has 2 aromatic carbocycles. The van der Waals surface area contributed by atoms with Crippen molar-refractivity contribution in [3.05, 3.63) is 65.2 Å². The highest BCUT2D eigenvalue weighted by Crippen LogP contribution is 2.32. The number of carbonyl (C=O) groups excluding carboxylic acids is 2. The summed E-state index contributed by atoms with van der Waals surface area (Å²) in [5.74, 6) is -0.616. The number of benzene rings is 2. The Labute approximate surface area is 229 Å². The standard InChI is InChI=1S/C28H38F3N3O4S/c1-6-21(4)32-27(36)25(7-2)33(19-22-12-8-11-20(3)17-22)26(35)15-10-16-34(39(5,37)38)24-14-9-13-23(18-24)28(29,30)31/h8-9,11-14,17-18,21,25H,6-7,10,15-16,19H2,1-5H3,(H,32,36)/t21-,25+/m0/s1. The second-order valence-electron chi connectivity index (χ2n) is 9.74. The van der Waals surface area contributed by atoms with Gasteiger partial charge >= 0.3 is 6.18 Å². The monoisotopic (exact) mass is 569 g/mol. The van der Waals surface area contributed by atoms with Crippen LogP contribution < -0.4 is 9.62 Å². The average molecular weight is 570 g/mol. The molecule has 2 amide bonds. The Kier molecular flexibility index (Phi) is 11.4. The van der Waals surface area contributed by atoms with E-state index in [1.54, 1.807) is 0 Å². The van der Waals surface area contributed by atoms with Crippen LogP contribution in [0.5, 0.6) is 0 Å². The molecule has 1 N–H and O–H groups in total. The lowest BCUT2D eigenvalue weighted by atomic mass is 10.1. The van der Waals surface area contributed by atoms with E-state index >= 15 is 0 Å². The van der Waals surface area contributed by atoms with Crippen LogP contribution in [0.15, 0.2) is 48.5 Å². The number of hydrogen-bond acceptors (Lipinski definition) is 4. The molecule has 0 aliphatic heterocycles. The summed E-state index contributed by atoms with van der Waals surface area (Å²) in [6.45, 7) is 7.56. The van der Waals surface area contributed by atoms with Crippen LogP contribution in [0.1, 0.15) is 63.1 Å². The molecule has 39 heavy (non-hydrogen) atoms. The molecule has 0 bridgehead atoms. The fraction of sp³-hybridized carbons (Fsp3) is 0.500. The molecular weight excluding hydrogens is 531 g/mol. The molecule has 0 heterocycles. The highest BCUT2D eigenvalue weighted by molar-refractivity contribution is 7.92. The van der Waals surface area contributed by atoms with Gasteiger partial charge in [0.15, 0.2) is 0 Å². The number of hydrogen-bond donors (Lipinski definition) is 1. The van der Waals surface area contributed by atoms with Gasteiger partial charge in [0.1, 0.15) is 6.04 Å². The minimum absolute atomic E-state index is 0.0515. The second-order valence-corrected chi connectivity index (χ2v) is 11.6. The van der Waals surface area contributed by atoms with Crippen LogP contribution in [0.2, 0.25) is 0 Å². The lowest BCUT2D eigenvalue weighted by Crippen LogP contribution is -2.50. The van der Waals surface area contributed by atoms with Crippen molar-refractivity contribution in [2.45, 2.75) is 78.2 Å². The number of nitrogens with one attached hydrogen (secondary N) is 1. The normalized spacial score (nSPS) is 13.4. The van der Waals surface area contributed by atoms with Gasteiger partial charge in [-0.15, -0.1) is 0 Å². The van der Waals surface area contributed by atoms with Crippen molar-refractivity contribution < 1.29 is 31.2 Å². The summed E-state index contributed by atoms with van der Waals surface area (Å²) >= 11 is 0. The molecule has 0 saturated heterocycles. The number of halogens is 3. The Morgan fingerprint density at radius 2 is 1.69 bits per heavy atom. The smallest absolute Gasteiger partial charge is 0.352 e. The Morgan fingerprint density at radius 3 is 2.26 bits per heavy atom. The highest BCUT2D eigenvalue weighted by atomic mass is 32.2. The molecule has 0 fully saturated rings. The number of carbonyl (C=O) groups is 2. The number of sulfonamides is 1. The van der Waals surface area contributed by atoms with E-state index in [9.17, 15) is 31.2 Å². The van der Waals surface area contributed by atoms with Crippen molar-refractivity contribution in [3.8, 4) is 0 Å². The van der Waals surface area contributed by atoms with E-state index < -0.39 is 27.8 Å². The van der Waals surface area contributed by atoms with E-state index in [0.29, 0.717) is 6.42 Å². The Hall–Kier alpha value is -3.08. The van der Waals surface area contributed by atoms with Gasteiger partial charge < -0.3 is 10.2 Å². The van der Waals surface area contributed by atoms with E-state index in [1.807, 2.05) is 52.0 Å². The maximum Gasteiger partial charge on any atom is 0.416 e. The molecule has 0 spiro atoms. The van der Waals surface area contributed by atoms with Gasteiger partial charge in [-0.25, -0.2) is 8.42 Å². The molecule has 0 aliphatic rings. The van der Waals surface area contributed by atoms with Crippen LogP contribution >= 0.6 is 0 Å². The minimum atomic E-state index is -4.63. The Balaban J connectivity index is 2.27. The molecule has 7 nitrogen and oxygen atoms in total. The first kappa shape index (κ1) is 32.1. The van der Waals surface area contributed by atoms with E-state index in [1.165, 1.54) is 11.0 Å². The molecule has 0 aromatic heterocycles. The summed E-state index contributed by atoms with van der Waals surface area (Å²) in [5, 5.41) is 2.93. The third-order valence-corrected chi connectivity index (χ3v) is 7.63. The van der Waals surface area contributed by atoms with Gasteiger partial charge in [-0.3, -0.25) is 13.9 Å². The van der Waals surface area contributed by atoms with Gasteiger partial charge in [0.05, 0.1) is 17.5 Å². The summed E-state index contributed by atoms with van der Waals surface area (Å²) in [7, 11) is -3.93. The first-order chi connectivity index (χ1) is 18.2. The van der Waals surface area contributed by atoms with E-state index in [0.717, 1.165) is 46.3 Å². The van der Waals surface area contributed by atoms with Gasteiger partial charge in [0, 0.05) is 25.6 Å². The van der Waals surface area contributed by atoms with Crippen molar-refractivity contribution >= 4 is 27.5 Å². The largest absolute Gasteiger partial charge is 0.416 e. The summed E-state index contributed by atoms with van der Waals surface area (Å²) in [6, 6.07) is 10.9. The van der Waals surface area contributed by atoms with Crippen LogP contribution in [0, 0.1) is 6.92 Å². The Morgan fingerprint density at radius 1 is 1.03 bits per heavy atom. The summed E-state index contributed by atoms with van der Waals surface area (Å²) in [4.78, 5) is 28.1. The molecule has 2 atom stereocenters. The number of rotatable bonds is 13. The number of amides is 2. The number of anilines is 1. The van der Waals surface area contributed by atoms with Crippen LogP contribution in [-0.2, 0) is 32.3 Å². The summed E-state index contributed by atoms with van der Waals surface area (Å²) in [5.41, 5.74) is 0.754. The summed E-state index contributed by atoms with van der Waals surface area (Å²) < 4.78 is 65.4. The average Bonchev–Trinajstić information content (AvgIpc) is 2.85. The van der Waals surface area contributed by atoms with Crippen molar-refractivity contribution in [2.24, 2.45) is 0 Å². The molecule has 0 aliphatic carbocycles. The lowest BCUT2D eigenvalue weighted by molar-refractivity contribution is -0.141. The van der Waals surface area contributed by atoms with Crippen LogP contribution in [-0.4, -0.2) is 50.0 Å². The topological polar surface area (TPSA) is 86.8 Å². The van der Waals surface area contributed by atoms with Crippen LogP contribution in [0.4, 0.5) is 18.9 Å². The third-order valence-electron chi connectivity index (χ3n) is 6.44. The molecule has 0 radical (unpaired) electrons. The van der Waals surface area contributed by atoms with Gasteiger partial charge in [-0.1, -0.05) is 49.7 Å². The first-order valence-electron chi connectivity index (χ1n) is 13.0. The maximum atomic E-state index is 13.5. The van der Waals surface area contributed by atoms with Crippen molar-refractivity contribution in [1.82, 2.24) is 10.2 Å². The highest BCUT2D eigenvalue weighted by Gasteiger charge is 2.32. The van der Waals surface area contributed by atoms with Crippen molar-refractivity contribution in [1.29, 1.82) is 0 Å². The maximum absolute atomic E-state index is 13.5. The molecule has 2 rings (SSSR count). The van der Waals surface area contributed by atoms with Crippen molar-refractivity contribution in [3.63, 3.8) is 0 Å². The van der Waals surface area contributed by atoms with Gasteiger partial charge in [-0.2, -0.15) is 13.2 Å².